The summed E-state index contributed by atoms with van der Waals surface area (Å²) in [6.45, 7) is 9.95. The Labute approximate surface area is 158 Å². The highest BCUT2D eigenvalue weighted by Gasteiger charge is 2.25. The zero-order valence-corrected chi connectivity index (χ0v) is 18.5. The average molecular weight is 377 g/mol. The summed E-state index contributed by atoms with van der Waals surface area (Å²) < 4.78 is 24.7. The number of unbranched alkanes of at least 4 members (excludes halogenated alkanes) is 8. The molecule has 0 aliphatic rings. The quantitative estimate of drug-likeness (QED) is 0.169. The molecule has 0 aliphatic carbocycles. The molecule has 0 aromatic rings. The van der Waals surface area contributed by atoms with Gasteiger partial charge in [-0.2, -0.15) is 0 Å². The Morgan fingerprint density at radius 3 is 1.92 bits per heavy atom. The van der Waals surface area contributed by atoms with Crippen molar-refractivity contribution in [3.05, 3.63) is 0 Å². The molecule has 0 spiro atoms. The summed E-state index contributed by atoms with van der Waals surface area (Å²) in [6, 6.07) is 0. The van der Waals surface area contributed by atoms with Crippen molar-refractivity contribution >= 4 is 7.60 Å². The molecule has 0 fully saturated rings. The average Bonchev–Trinajstić information content (AvgIpc) is 2.62. The van der Waals surface area contributed by atoms with Crippen molar-refractivity contribution in [1.29, 1.82) is 0 Å². The van der Waals surface area contributed by atoms with Crippen LogP contribution in [0.15, 0.2) is 0 Å². The zero-order chi connectivity index (χ0) is 18.8. The summed E-state index contributed by atoms with van der Waals surface area (Å²) in [5, 5.41) is 0. The van der Waals surface area contributed by atoms with Crippen LogP contribution in [-0.4, -0.2) is 19.4 Å². The number of rotatable bonds is 19. The van der Waals surface area contributed by atoms with Gasteiger partial charge in [0.05, 0.1) is 19.4 Å². The number of hydrogen-bond acceptors (Lipinski definition) is 3. The molecule has 25 heavy (non-hydrogen) atoms. The van der Waals surface area contributed by atoms with Crippen molar-refractivity contribution in [3.8, 4) is 0 Å². The Kier molecular flexibility index (Phi) is 17.7. The molecule has 4 heteroatoms. The van der Waals surface area contributed by atoms with Crippen LogP contribution in [0.2, 0.25) is 0 Å². The molecule has 152 valence electrons. The van der Waals surface area contributed by atoms with Crippen LogP contribution in [0.5, 0.6) is 0 Å². The summed E-state index contributed by atoms with van der Waals surface area (Å²) in [6.07, 6.45) is 15.9. The highest BCUT2D eigenvalue weighted by Crippen LogP contribution is 2.49. The van der Waals surface area contributed by atoms with E-state index in [1.54, 1.807) is 0 Å². The summed E-state index contributed by atoms with van der Waals surface area (Å²) >= 11 is 0. The van der Waals surface area contributed by atoms with Gasteiger partial charge in [0, 0.05) is 0 Å². The van der Waals surface area contributed by atoms with E-state index in [1.807, 2.05) is 0 Å². The predicted molar refractivity (Wildman–Crippen MR) is 111 cm³/mol. The SMILES string of the molecule is CCCCCCCCCOP(=O)(CCCC)OCC(CC)CCCC. The standard InChI is InChI=1S/C21H45O3P/c1-5-9-12-13-14-15-16-18-23-25(22,19-11-7-3)24-20-21(8-4)17-10-6-2/h21H,5-20H2,1-4H3. The van der Waals surface area contributed by atoms with E-state index in [9.17, 15) is 4.57 Å². The smallest absolute Gasteiger partial charge is 0.309 e. The molecule has 0 rings (SSSR count). The predicted octanol–water partition coefficient (Wildman–Crippen LogP) is 7.98. The van der Waals surface area contributed by atoms with Crippen molar-refractivity contribution in [2.75, 3.05) is 19.4 Å². The zero-order valence-electron chi connectivity index (χ0n) is 17.6. The Morgan fingerprint density at radius 1 is 0.720 bits per heavy atom. The summed E-state index contributed by atoms with van der Waals surface area (Å²) in [5.41, 5.74) is 0. The van der Waals surface area contributed by atoms with Crippen LogP contribution >= 0.6 is 7.60 Å². The maximum atomic E-state index is 13.0. The highest BCUT2D eigenvalue weighted by molar-refractivity contribution is 7.53. The summed E-state index contributed by atoms with van der Waals surface area (Å²) in [4.78, 5) is 0. The minimum atomic E-state index is -2.90. The lowest BCUT2D eigenvalue weighted by atomic mass is 10.0. The molecule has 3 nitrogen and oxygen atoms in total. The molecule has 2 atom stereocenters. The third-order valence-corrected chi connectivity index (χ3v) is 6.85. The van der Waals surface area contributed by atoms with Crippen LogP contribution < -0.4 is 0 Å². The molecule has 0 bridgehead atoms. The molecule has 0 radical (unpaired) electrons. The molecule has 0 saturated heterocycles. The van der Waals surface area contributed by atoms with Crippen LogP contribution in [0.25, 0.3) is 0 Å². The van der Waals surface area contributed by atoms with Gasteiger partial charge in [-0.3, -0.25) is 4.57 Å². The van der Waals surface area contributed by atoms with E-state index in [4.69, 9.17) is 9.05 Å². The molecule has 0 saturated carbocycles. The first kappa shape index (κ1) is 25.1. The van der Waals surface area contributed by atoms with Gasteiger partial charge in [0.2, 0.25) is 0 Å². The third kappa shape index (κ3) is 15.0. The molecule has 0 aromatic heterocycles. The van der Waals surface area contributed by atoms with Gasteiger partial charge in [0.15, 0.2) is 0 Å². The lowest BCUT2D eigenvalue weighted by Crippen LogP contribution is -2.10. The fourth-order valence-electron chi connectivity index (χ4n) is 2.90. The lowest BCUT2D eigenvalue weighted by molar-refractivity contribution is 0.169. The van der Waals surface area contributed by atoms with E-state index in [0.717, 1.165) is 25.7 Å². The first-order valence-electron chi connectivity index (χ1n) is 11.0. The van der Waals surface area contributed by atoms with Gasteiger partial charge in [-0.25, -0.2) is 0 Å². The molecule has 2 unspecified atom stereocenters. The van der Waals surface area contributed by atoms with Gasteiger partial charge >= 0.3 is 7.60 Å². The van der Waals surface area contributed by atoms with Crippen LogP contribution in [0.1, 0.15) is 111 Å². The Hall–Kier alpha value is 0.150. The van der Waals surface area contributed by atoms with Gasteiger partial charge in [0.1, 0.15) is 0 Å². The van der Waals surface area contributed by atoms with E-state index < -0.39 is 7.60 Å². The van der Waals surface area contributed by atoms with Crippen LogP contribution in [0.3, 0.4) is 0 Å². The van der Waals surface area contributed by atoms with E-state index in [-0.39, 0.29) is 0 Å². The summed E-state index contributed by atoms with van der Waals surface area (Å²) in [5.74, 6) is 0.511. The van der Waals surface area contributed by atoms with Crippen molar-refractivity contribution in [1.82, 2.24) is 0 Å². The fraction of sp³-hybridized carbons (Fsp3) is 1.00. The maximum absolute atomic E-state index is 13.0. The normalized spacial score (nSPS) is 15.2. The third-order valence-electron chi connectivity index (χ3n) is 4.87. The van der Waals surface area contributed by atoms with Gasteiger partial charge in [0.25, 0.3) is 0 Å². The topological polar surface area (TPSA) is 35.5 Å². The monoisotopic (exact) mass is 376 g/mol. The second-order valence-corrected chi connectivity index (χ2v) is 9.54. The van der Waals surface area contributed by atoms with Crippen molar-refractivity contribution in [2.45, 2.75) is 111 Å². The minimum absolute atomic E-state index is 0.511. The van der Waals surface area contributed by atoms with Gasteiger partial charge in [-0.15, -0.1) is 0 Å². The van der Waals surface area contributed by atoms with Gasteiger partial charge < -0.3 is 9.05 Å². The Bertz CT molecular complexity index is 320. The first-order chi connectivity index (χ1) is 12.1. The highest BCUT2D eigenvalue weighted by atomic mass is 31.2. The largest absolute Gasteiger partial charge is 0.330 e. The Balaban J connectivity index is 4.11. The van der Waals surface area contributed by atoms with Crippen molar-refractivity contribution < 1.29 is 13.6 Å². The van der Waals surface area contributed by atoms with E-state index in [1.165, 1.54) is 57.8 Å². The van der Waals surface area contributed by atoms with Crippen molar-refractivity contribution in [2.24, 2.45) is 5.92 Å². The van der Waals surface area contributed by atoms with Crippen LogP contribution in [0.4, 0.5) is 0 Å². The molecule has 0 heterocycles. The summed E-state index contributed by atoms with van der Waals surface area (Å²) in [7, 11) is -2.90. The maximum Gasteiger partial charge on any atom is 0.330 e. The minimum Gasteiger partial charge on any atom is -0.309 e. The molecular formula is C21H45O3P. The lowest BCUT2D eigenvalue weighted by Gasteiger charge is -2.22. The Morgan fingerprint density at radius 2 is 1.32 bits per heavy atom. The second-order valence-electron chi connectivity index (χ2n) is 7.35. The second kappa shape index (κ2) is 17.6. The van der Waals surface area contributed by atoms with Gasteiger partial charge in [-0.1, -0.05) is 91.9 Å². The number of hydrogen-bond donors (Lipinski definition) is 0. The van der Waals surface area contributed by atoms with Crippen molar-refractivity contribution in [3.63, 3.8) is 0 Å². The van der Waals surface area contributed by atoms with E-state index in [0.29, 0.717) is 25.3 Å². The molecule has 0 amide bonds. The van der Waals surface area contributed by atoms with Gasteiger partial charge in [-0.05, 0) is 25.2 Å². The van der Waals surface area contributed by atoms with E-state index in [2.05, 4.69) is 27.7 Å². The molecule has 0 aliphatic heterocycles. The van der Waals surface area contributed by atoms with E-state index >= 15 is 0 Å². The van der Waals surface area contributed by atoms with Crippen LogP contribution in [0, 0.1) is 5.92 Å². The molecule has 0 N–H and O–H groups in total. The fourth-order valence-corrected chi connectivity index (χ4v) is 4.78. The first-order valence-corrected chi connectivity index (χ1v) is 12.7. The molecular weight excluding hydrogens is 331 g/mol. The molecule has 0 aromatic carbocycles. The van der Waals surface area contributed by atoms with Crippen LogP contribution in [-0.2, 0) is 13.6 Å².